The number of urea groups is 1. The summed E-state index contributed by atoms with van der Waals surface area (Å²) in [4.78, 5) is 28.1. The van der Waals surface area contributed by atoms with Crippen molar-refractivity contribution in [1.82, 2.24) is 10.3 Å². The molecule has 0 fully saturated rings. The molecule has 2 atom stereocenters. The van der Waals surface area contributed by atoms with Gasteiger partial charge in [-0.1, -0.05) is 13.3 Å². The molecule has 1 aliphatic rings. The minimum atomic E-state index is -1.99. The van der Waals surface area contributed by atoms with E-state index in [1.807, 2.05) is 0 Å². The van der Waals surface area contributed by atoms with Crippen LogP contribution >= 0.6 is 11.3 Å². The van der Waals surface area contributed by atoms with Crippen LogP contribution in [0.2, 0.25) is 0 Å². The monoisotopic (exact) mass is 327 g/mol. The number of hydrogen-bond acceptors (Lipinski definition) is 5. The van der Waals surface area contributed by atoms with Crippen LogP contribution in [0.25, 0.3) is 0 Å². The van der Waals surface area contributed by atoms with Gasteiger partial charge in [0.1, 0.15) is 0 Å². The quantitative estimate of drug-likeness (QED) is 0.656. The normalized spacial score (nSPS) is 19.9. The maximum absolute atomic E-state index is 11.8. The van der Waals surface area contributed by atoms with Crippen LogP contribution in [0.5, 0.6) is 0 Å². The highest BCUT2D eigenvalue weighted by molar-refractivity contribution is 7.15. The van der Waals surface area contributed by atoms with E-state index in [1.54, 1.807) is 0 Å². The summed E-state index contributed by atoms with van der Waals surface area (Å²) in [6.45, 7) is 2.93. The second-order valence-electron chi connectivity index (χ2n) is 5.79. The van der Waals surface area contributed by atoms with E-state index in [1.165, 1.54) is 16.2 Å². The molecule has 0 bridgehead atoms. The van der Waals surface area contributed by atoms with Crippen molar-refractivity contribution in [3.8, 4) is 0 Å². The largest absolute Gasteiger partial charge is 0.479 e. The van der Waals surface area contributed by atoms with Crippen LogP contribution in [0.1, 0.15) is 37.3 Å². The molecule has 0 radical (unpaired) electrons. The summed E-state index contributed by atoms with van der Waals surface area (Å²) in [5.74, 6) is -0.705. The summed E-state index contributed by atoms with van der Waals surface area (Å²) in [6.07, 6.45) is 4.20. The second-order valence-corrected chi connectivity index (χ2v) is 6.88. The number of anilines is 1. The molecular weight excluding hydrogens is 306 g/mol. The highest BCUT2D eigenvalue weighted by Crippen LogP contribution is 2.33. The third-order valence-electron chi connectivity index (χ3n) is 3.89. The van der Waals surface area contributed by atoms with Gasteiger partial charge in [-0.3, -0.25) is 5.32 Å². The molecule has 8 heteroatoms. The third kappa shape index (κ3) is 3.95. The van der Waals surface area contributed by atoms with Gasteiger partial charge in [0.15, 0.2) is 10.7 Å². The minimum absolute atomic E-state index is 0.378. The molecule has 4 N–H and O–H groups in total. The van der Waals surface area contributed by atoms with Crippen molar-refractivity contribution in [2.24, 2.45) is 5.92 Å². The molecule has 22 heavy (non-hydrogen) atoms. The van der Waals surface area contributed by atoms with Crippen molar-refractivity contribution < 1.29 is 19.8 Å². The summed E-state index contributed by atoms with van der Waals surface area (Å²) in [5, 5.41) is 23.8. The molecule has 0 aromatic carbocycles. The maximum atomic E-state index is 11.8. The van der Waals surface area contributed by atoms with Gasteiger partial charge < -0.3 is 15.5 Å². The topological polar surface area (TPSA) is 112 Å². The number of fused-ring (bicyclic) bond motifs is 1. The lowest BCUT2D eigenvalue weighted by molar-refractivity contribution is -0.155. The third-order valence-corrected chi connectivity index (χ3v) is 4.93. The number of thiazole rings is 1. The van der Waals surface area contributed by atoms with Crippen LogP contribution in [-0.4, -0.2) is 39.3 Å². The van der Waals surface area contributed by atoms with E-state index in [-0.39, 0.29) is 6.54 Å². The molecule has 1 aliphatic carbocycles. The fraction of sp³-hybridized carbons (Fsp3) is 0.643. The van der Waals surface area contributed by atoms with Crippen LogP contribution in [0.15, 0.2) is 0 Å². The first-order chi connectivity index (χ1) is 10.3. The lowest BCUT2D eigenvalue weighted by atomic mass is 9.89. The zero-order chi connectivity index (χ0) is 16.3. The molecule has 1 heterocycles. The molecule has 1 aromatic heterocycles. The van der Waals surface area contributed by atoms with E-state index in [0.717, 1.165) is 38.3 Å². The summed E-state index contributed by atoms with van der Waals surface area (Å²) in [7, 11) is 0. The van der Waals surface area contributed by atoms with Crippen molar-refractivity contribution in [1.29, 1.82) is 0 Å². The summed E-state index contributed by atoms with van der Waals surface area (Å²) in [5.41, 5.74) is -0.948. The number of carboxylic acids is 1. The predicted octanol–water partition coefficient (Wildman–Crippen LogP) is 1.62. The SMILES string of the molecule is CCC1CCc2nc(NC(=O)NCC(C)(O)C(=O)O)sc2C1. The molecular formula is C14H21N3O4S. The van der Waals surface area contributed by atoms with E-state index in [4.69, 9.17) is 5.11 Å². The Morgan fingerprint density at radius 3 is 2.86 bits per heavy atom. The smallest absolute Gasteiger partial charge is 0.337 e. The number of carbonyl (C=O) groups is 2. The number of carboxylic acid groups (broad SMARTS) is 1. The Bertz CT molecular complexity index is 570. The number of aliphatic hydroxyl groups is 1. The number of rotatable bonds is 5. The van der Waals surface area contributed by atoms with Gasteiger partial charge in [-0.05, 0) is 32.1 Å². The molecule has 1 aromatic rings. The van der Waals surface area contributed by atoms with Crippen LogP contribution < -0.4 is 10.6 Å². The van der Waals surface area contributed by atoms with Gasteiger partial charge in [-0.2, -0.15) is 0 Å². The number of carbonyl (C=O) groups excluding carboxylic acids is 1. The van der Waals surface area contributed by atoms with E-state index in [0.29, 0.717) is 11.0 Å². The van der Waals surface area contributed by atoms with Crippen molar-refractivity contribution in [2.75, 3.05) is 11.9 Å². The standard InChI is InChI=1S/C14H21N3O4S/c1-3-8-4-5-9-10(6-8)22-13(16-9)17-12(20)15-7-14(2,21)11(18)19/h8,21H,3-7H2,1-2H3,(H,18,19)(H2,15,16,17,20). The first-order valence-corrected chi connectivity index (χ1v) is 8.12. The van der Waals surface area contributed by atoms with Gasteiger partial charge in [-0.25, -0.2) is 14.6 Å². The molecule has 0 spiro atoms. The predicted molar refractivity (Wildman–Crippen MR) is 83.2 cm³/mol. The number of amides is 2. The van der Waals surface area contributed by atoms with E-state index in [9.17, 15) is 14.7 Å². The first-order valence-electron chi connectivity index (χ1n) is 7.31. The Morgan fingerprint density at radius 1 is 1.50 bits per heavy atom. The van der Waals surface area contributed by atoms with Crippen molar-refractivity contribution in [2.45, 2.75) is 45.1 Å². The molecule has 122 valence electrons. The van der Waals surface area contributed by atoms with Crippen molar-refractivity contribution in [3.63, 3.8) is 0 Å². The maximum Gasteiger partial charge on any atom is 0.337 e. The zero-order valence-electron chi connectivity index (χ0n) is 12.7. The Hall–Kier alpha value is -1.67. The number of aryl methyl sites for hydroxylation is 1. The fourth-order valence-electron chi connectivity index (χ4n) is 2.31. The minimum Gasteiger partial charge on any atom is -0.479 e. The summed E-state index contributed by atoms with van der Waals surface area (Å²) in [6, 6.07) is -0.570. The van der Waals surface area contributed by atoms with Gasteiger partial charge >= 0.3 is 12.0 Å². The number of nitrogens with one attached hydrogen (secondary N) is 2. The Labute approximate surface area is 132 Å². The summed E-state index contributed by atoms with van der Waals surface area (Å²) >= 11 is 1.46. The Kier molecular flexibility index (Phi) is 5.02. The first kappa shape index (κ1) is 16.7. The second kappa shape index (κ2) is 6.62. The molecule has 7 nitrogen and oxygen atoms in total. The number of hydrogen-bond donors (Lipinski definition) is 4. The lowest BCUT2D eigenvalue weighted by Gasteiger charge is -2.18. The molecule has 0 aliphatic heterocycles. The van der Waals surface area contributed by atoms with Crippen LogP contribution in [0.4, 0.5) is 9.93 Å². The van der Waals surface area contributed by atoms with Gasteiger partial charge in [0, 0.05) is 4.88 Å². The Balaban J connectivity index is 1.90. The zero-order valence-corrected chi connectivity index (χ0v) is 13.5. The highest BCUT2D eigenvalue weighted by Gasteiger charge is 2.30. The molecule has 2 rings (SSSR count). The van der Waals surface area contributed by atoms with Gasteiger partial charge in [0.25, 0.3) is 0 Å². The van der Waals surface area contributed by atoms with Crippen LogP contribution in [0.3, 0.4) is 0 Å². The van der Waals surface area contributed by atoms with Crippen molar-refractivity contribution in [3.05, 3.63) is 10.6 Å². The van der Waals surface area contributed by atoms with Crippen molar-refractivity contribution >= 4 is 28.5 Å². The van der Waals surface area contributed by atoms with Crippen LogP contribution in [-0.2, 0) is 17.6 Å². The highest BCUT2D eigenvalue weighted by atomic mass is 32.1. The van der Waals surface area contributed by atoms with E-state index >= 15 is 0 Å². The van der Waals surface area contributed by atoms with Gasteiger partial charge in [0.05, 0.1) is 12.2 Å². The average Bonchev–Trinajstić information content (AvgIpc) is 2.86. The number of aromatic nitrogens is 1. The average molecular weight is 327 g/mol. The molecule has 2 unspecified atom stereocenters. The Morgan fingerprint density at radius 2 is 2.23 bits per heavy atom. The van der Waals surface area contributed by atoms with E-state index in [2.05, 4.69) is 22.5 Å². The van der Waals surface area contributed by atoms with E-state index < -0.39 is 17.6 Å². The fourth-order valence-corrected chi connectivity index (χ4v) is 3.43. The number of aliphatic carboxylic acids is 1. The van der Waals surface area contributed by atoms with Crippen LogP contribution in [0, 0.1) is 5.92 Å². The molecule has 0 saturated heterocycles. The summed E-state index contributed by atoms with van der Waals surface area (Å²) < 4.78 is 0. The number of nitrogens with zero attached hydrogens (tertiary/aromatic N) is 1. The molecule has 2 amide bonds. The molecule has 0 saturated carbocycles. The lowest BCUT2D eigenvalue weighted by Crippen LogP contribution is -2.47. The van der Waals surface area contributed by atoms with Gasteiger partial charge in [-0.15, -0.1) is 11.3 Å². The van der Waals surface area contributed by atoms with Gasteiger partial charge in [0.2, 0.25) is 0 Å².